The number of hydrogen-bond donors (Lipinski definition) is 1. The molecule has 0 amide bonds. The van der Waals surface area contributed by atoms with E-state index in [-0.39, 0.29) is 0 Å². The van der Waals surface area contributed by atoms with Gasteiger partial charge in [0.2, 0.25) is 5.95 Å². The second-order valence-corrected chi connectivity index (χ2v) is 3.95. The Labute approximate surface area is 106 Å². The second kappa shape index (κ2) is 6.11. The van der Waals surface area contributed by atoms with Gasteiger partial charge >= 0.3 is 0 Å². The number of methoxy groups -OCH3 is 1. The number of nitrogens with one attached hydrogen (secondary N) is 1. The average molecular weight is 247 g/mol. The maximum absolute atomic E-state index is 5.01. The zero-order chi connectivity index (χ0) is 12.8. The Balaban J connectivity index is 2.11. The smallest absolute Gasteiger partial charge is 0.207 e. The van der Waals surface area contributed by atoms with Crippen molar-refractivity contribution < 1.29 is 4.74 Å². The van der Waals surface area contributed by atoms with Crippen LogP contribution in [0.3, 0.4) is 0 Å². The molecule has 0 saturated carbocycles. The summed E-state index contributed by atoms with van der Waals surface area (Å²) in [5.41, 5.74) is 1.85. The maximum Gasteiger partial charge on any atom is 0.207 e. The molecule has 2 heterocycles. The summed E-state index contributed by atoms with van der Waals surface area (Å²) in [6, 6.07) is 0. The summed E-state index contributed by atoms with van der Waals surface area (Å²) in [7, 11) is 1.70. The average Bonchev–Trinajstić information content (AvgIpc) is 2.77. The van der Waals surface area contributed by atoms with Gasteiger partial charge in [-0.15, -0.1) is 0 Å². The molecule has 1 N–H and O–H groups in total. The summed E-state index contributed by atoms with van der Waals surface area (Å²) in [5, 5.41) is 3.28. The lowest BCUT2D eigenvalue weighted by molar-refractivity contribution is 0.197. The fourth-order valence-electron chi connectivity index (χ4n) is 1.65. The molecule has 18 heavy (non-hydrogen) atoms. The predicted molar refractivity (Wildman–Crippen MR) is 68.9 cm³/mol. The molecule has 0 aliphatic rings. The van der Waals surface area contributed by atoms with Gasteiger partial charge in [0.05, 0.1) is 23.8 Å². The first kappa shape index (κ1) is 12.5. The van der Waals surface area contributed by atoms with Crippen LogP contribution in [0, 0.1) is 6.92 Å². The number of rotatable bonds is 6. The van der Waals surface area contributed by atoms with Crippen molar-refractivity contribution in [3.8, 4) is 5.69 Å². The topological polar surface area (TPSA) is 64.9 Å². The minimum absolute atomic E-state index is 0.737. The maximum atomic E-state index is 5.01. The minimum atomic E-state index is 0.737. The van der Waals surface area contributed by atoms with E-state index in [9.17, 15) is 0 Å². The number of aryl methyl sites for hydroxylation is 1. The fraction of sp³-hybridized carbons (Fsp3) is 0.417. The van der Waals surface area contributed by atoms with E-state index in [1.165, 1.54) is 6.33 Å². The molecule has 0 bridgehead atoms. The number of hydrogen-bond acceptors (Lipinski definition) is 5. The molecule has 2 aromatic rings. The highest BCUT2D eigenvalue weighted by Crippen LogP contribution is 2.14. The molecule has 0 aliphatic heterocycles. The normalized spacial score (nSPS) is 10.6. The van der Waals surface area contributed by atoms with Gasteiger partial charge in [-0.05, 0) is 13.3 Å². The Morgan fingerprint density at radius 2 is 2.11 bits per heavy atom. The number of ether oxygens (including phenoxy) is 1. The Kier molecular flexibility index (Phi) is 4.25. The van der Waals surface area contributed by atoms with Crippen molar-refractivity contribution in [1.29, 1.82) is 0 Å². The van der Waals surface area contributed by atoms with E-state index in [1.807, 2.05) is 17.7 Å². The molecule has 0 aromatic carbocycles. The van der Waals surface area contributed by atoms with Crippen LogP contribution < -0.4 is 5.32 Å². The van der Waals surface area contributed by atoms with Gasteiger partial charge in [-0.2, -0.15) is 0 Å². The van der Waals surface area contributed by atoms with Crippen molar-refractivity contribution in [2.45, 2.75) is 13.3 Å². The minimum Gasteiger partial charge on any atom is -0.385 e. The van der Waals surface area contributed by atoms with Crippen LogP contribution in [0.1, 0.15) is 12.1 Å². The Hall–Kier alpha value is -1.95. The highest BCUT2D eigenvalue weighted by atomic mass is 16.5. The summed E-state index contributed by atoms with van der Waals surface area (Å²) in [4.78, 5) is 12.5. The van der Waals surface area contributed by atoms with Crippen LogP contribution in [-0.2, 0) is 4.74 Å². The second-order valence-electron chi connectivity index (χ2n) is 3.95. The number of nitrogens with zero attached hydrogens (tertiary/aromatic N) is 4. The molecule has 0 radical (unpaired) electrons. The largest absolute Gasteiger partial charge is 0.385 e. The van der Waals surface area contributed by atoms with Crippen LogP contribution >= 0.6 is 0 Å². The van der Waals surface area contributed by atoms with Crippen molar-refractivity contribution in [3.63, 3.8) is 0 Å². The molecular weight excluding hydrogens is 230 g/mol. The van der Waals surface area contributed by atoms with Crippen LogP contribution in [-0.4, -0.2) is 39.8 Å². The van der Waals surface area contributed by atoms with Crippen molar-refractivity contribution in [1.82, 2.24) is 19.5 Å². The van der Waals surface area contributed by atoms with Crippen LogP contribution in [0.15, 0.2) is 24.9 Å². The lowest BCUT2D eigenvalue weighted by atomic mass is 10.4. The van der Waals surface area contributed by atoms with E-state index in [1.54, 1.807) is 19.5 Å². The fourth-order valence-corrected chi connectivity index (χ4v) is 1.65. The molecule has 6 nitrogen and oxygen atoms in total. The van der Waals surface area contributed by atoms with E-state index in [2.05, 4.69) is 20.3 Å². The third kappa shape index (κ3) is 3.04. The van der Waals surface area contributed by atoms with E-state index >= 15 is 0 Å². The molecule has 0 saturated heterocycles. The zero-order valence-corrected chi connectivity index (χ0v) is 10.6. The molecule has 2 aromatic heterocycles. The third-order valence-corrected chi connectivity index (χ3v) is 2.46. The highest BCUT2D eigenvalue weighted by molar-refractivity contribution is 5.40. The number of anilines is 1. The van der Waals surface area contributed by atoms with Gasteiger partial charge in [-0.3, -0.25) is 4.57 Å². The van der Waals surface area contributed by atoms with Crippen molar-refractivity contribution in [2.75, 3.05) is 25.6 Å². The molecule has 0 atom stereocenters. The predicted octanol–water partition coefficient (Wildman–Crippen LogP) is 1.42. The van der Waals surface area contributed by atoms with Crippen LogP contribution in [0.25, 0.3) is 5.69 Å². The van der Waals surface area contributed by atoms with Gasteiger partial charge in [0.15, 0.2) is 0 Å². The first-order valence-corrected chi connectivity index (χ1v) is 5.85. The molecule has 0 aliphatic carbocycles. The first-order chi connectivity index (χ1) is 8.81. The molecule has 0 spiro atoms. The van der Waals surface area contributed by atoms with Crippen molar-refractivity contribution >= 4 is 5.95 Å². The van der Waals surface area contributed by atoms with E-state index in [4.69, 9.17) is 4.74 Å². The lowest BCUT2D eigenvalue weighted by Crippen LogP contribution is -2.09. The standard InChI is InChI=1S/C12H17N5O/c1-10-8-17(11-6-13-9-14-7-11)12(16-10)15-4-3-5-18-2/h6-9H,3-5H2,1-2H3,(H,15,16). The van der Waals surface area contributed by atoms with Gasteiger partial charge in [0.1, 0.15) is 6.33 Å². The number of imidazole rings is 1. The van der Waals surface area contributed by atoms with Gasteiger partial charge in [0, 0.05) is 26.5 Å². The molecular formula is C12H17N5O. The summed E-state index contributed by atoms with van der Waals surface area (Å²) < 4.78 is 6.96. The Morgan fingerprint density at radius 3 is 2.83 bits per heavy atom. The zero-order valence-electron chi connectivity index (χ0n) is 10.6. The van der Waals surface area contributed by atoms with E-state index < -0.39 is 0 Å². The summed E-state index contributed by atoms with van der Waals surface area (Å²) in [6.45, 7) is 3.51. The van der Waals surface area contributed by atoms with Crippen molar-refractivity contribution in [2.24, 2.45) is 0 Å². The first-order valence-electron chi connectivity index (χ1n) is 5.85. The van der Waals surface area contributed by atoms with Gasteiger partial charge in [-0.25, -0.2) is 15.0 Å². The lowest BCUT2D eigenvalue weighted by Gasteiger charge is -2.08. The monoisotopic (exact) mass is 247 g/mol. The Bertz CT molecular complexity index is 482. The SMILES string of the molecule is COCCCNc1nc(C)cn1-c1cncnc1. The van der Waals surface area contributed by atoms with Gasteiger partial charge in [0.25, 0.3) is 0 Å². The number of aromatic nitrogens is 4. The molecule has 96 valence electrons. The van der Waals surface area contributed by atoms with Gasteiger partial charge < -0.3 is 10.1 Å². The van der Waals surface area contributed by atoms with Crippen LogP contribution in [0.2, 0.25) is 0 Å². The van der Waals surface area contributed by atoms with Crippen LogP contribution in [0.4, 0.5) is 5.95 Å². The summed E-state index contributed by atoms with van der Waals surface area (Å²) in [5.74, 6) is 0.804. The van der Waals surface area contributed by atoms with E-state index in [0.717, 1.165) is 36.9 Å². The molecule has 0 unspecified atom stereocenters. The van der Waals surface area contributed by atoms with Crippen molar-refractivity contribution in [3.05, 3.63) is 30.6 Å². The third-order valence-electron chi connectivity index (χ3n) is 2.46. The van der Waals surface area contributed by atoms with E-state index in [0.29, 0.717) is 0 Å². The summed E-state index contributed by atoms with van der Waals surface area (Å²) >= 11 is 0. The molecule has 6 heteroatoms. The van der Waals surface area contributed by atoms with Crippen LogP contribution in [0.5, 0.6) is 0 Å². The summed E-state index contributed by atoms with van der Waals surface area (Å²) in [6.07, 6.45) is 7.92. The highest BCUT2D eigenvalue weighted by Gasteiger charge is 2.07. The molecule has 0 fully saturated rings. The quantitative estimate of drug-likeness (QED) is 0.782. The molecule has 2 rings (SSSR count). The Morgan fingerprint density at radius 1 is 1.33 bits per heavy atom. The van der Waals surface area contributed by atoms with Gasteiger partial charge in [-0.1, -0.05) is 0 Å².